The van der Waals surface area contributed by atoms with Gasteiger partial charge in [-0.3, -0.25) is 0 Å². The van der Waals surface area contributed by atoms with Gasteiger partial charge in [-0.05, 0) is 59.7 Å². The molecule has 0 aliphatic rings. The Bertz CT molecular complexity index is 235. The Hall–Kier alpha value is -0.290. The van der Waals surface area contributed by atoms with E-state index in [1.54, 1.807) is 0 Å². The van der Waals surface area contributed by atoms with Crippen LogP contribution in [0.25, 0.3) is 0 Å². The molecular formula is C10H14INO. The molecule has 3 heteroatoms. The van der Waals surface area contributed by atoms with E-state index >= 15 is 0 Å². The van der Waals surface area contributed by atoms with Crippen molar-refractivity contribution >= 4 is 28.3 Å². The monoisotopic (exact) mass is 291 g/mol. The fourth-order valence-corrected chi connectivity index (χ4v) is 1.40. The summed E-state index contributed by atoms with van der Waals surface area (Å²) in [7, 11) is 0. The van der Waals surface area contributed by atoms with Crippen LogP contribution in [0.1, 0.15) is 12.8 Å². The molecule has 0 saturated heterocycles. The second-order valence-corrected chi connectivity index (χ2v) is 4.11. The molecule has 0 fully saturated rings. The lowest BCUT2D eigenvalue weighted by molar-refractivity contribution is 0.286. The van der Waals surface area contributed by atoms with E-state index in [9.17, 15) is 0 Å². The first-order chi connectivity index (χ1) is 6.33. The molecule has 2 nitrogen and oxygen atoms in total. The van der Waals surface area contributed by atoms with Crippen LogP contribution in [0.2, 0.25) is 0 Å². The molecule has 1 rings (SSSR count). The molecule has 0 spiro atoms. The predicted molar refractivity (Wildman–Crippen MR) is 64.0 cm³/mol. The minimum Gasteiger partial charge on any atom is -0.396 e. The van der Waals surface area contributed by atoms with Gasteiger partial charge in [-0.25, -0.2) is 0 Å². The molecule has 0 aliphatic carbocycles. The third-order valence-electron chi connectivity index (χ3n) is 1.76. The van der Waals surface area contributed by atoms with Crippen LogP contribution in [-0.4, -0.2) is 18.3 Å². The molecule has 2 N–H and O–H groups in total. The van der Waals surface area contributed by atoms with Crippen molar-refractivity contribution in [2.24, 2.45) is 0 Å². The van der Waals surface area contributed by atoms with Crippen molar-refractivity contribution in [3.63, 3.8) is 0 Å². The molecule has 0 amide bonds. The van der Waals surface area contributed by atoms with E-state index in [1.165, 1.54) is 3.57 Å². The van der Waals surface area contributed by atoms with Crippen LogP contribution < -0.4 is 5.32 Å². The van der Waals surface area contributed by atoms with Crippen LogP contribution in [0.5, 0.6) is 0 Å². The maximum Gasteiger partial charge on any atom is 0.0431 e. The number of benzene rings is 1. The summed E-state index contributed by atoms with van der Waals surface area (Å²) in [4.78, 5) is 0. The normalized spacial score (nSPS) is 10.0. The Labute approximate surface area is 92.5 Å². The highest BCUT2D eigenvalue weighted by atomic mass is 127. The molecule has 13 heavy (non-hydrogen) atoms. The van der Waals surface area contributed by atoms with Crippen molar-refractivity contribution in [3.05, 3.63) is 27.8 Å². The number of halogens is 1. The van der Waals surface area contributed by atoms with Crippen molar-refractivity contribution < 1.29 is 5.11 Å². The van der Waals surface area contributed by atoms with Crippen LogP contribution >= 0.6 is 22.6 Å². The molecule has 0 bridgehead atoms. The summed E-state index contributed by atoms with van der Waals surface area (Å²) in [6, 6.07) is 8.30. The van der Waals surface area contributed by atoms with Crippen LogP contribution in [-0.2, 0) is 0 Å². The Balaban J connectivity index is 2.25. The first-order valence-electron chi connectivity index (χ1n) is 4.43. The quantitative estimate of drug-likeness (QED) is 0.645. The third kappa shape index (κ3) is 4.47. The molecule has 0 atom stereocenters. The first kappa shape index (κ1) is 10.8. The molecule has 72 valence electrons. The number of nitrogens with one attached hydrogen (secondary N) is 1. The van der Waals surface area contributed by atoms with Gasteiger partial charge in [0.1, 0.15) is 0 Å². The third-order valence-corrected chi connectivity index (χ3v) is 2.48. The fourth-order valence-electron chi connectivity index (χ4n) is 1.04. The zero-order valence-electron chi connectivity index (χ0n) is 7.46. The van der Waals surface area contributed by atoms with E-state index < -0.39 is 0 Å². The average Bonchev–Trinajstić information content (AvgIpc) is 2.15. The van der Waals surface area contributed by atoms with Crippen molar-refractivity contribution in [2.45, 2.75) is 12.8 Å². The lowest BCUT2D eigenvalue weighted by Gasteiger charge is -2.04. The molecule has 0 heterocycles. The Morgan fingerprint density at radius 1 is 1.15 bits per heavy atom. The van der Waals surface area contributed by atoms with E-state index in [-0.39, 0.29) is 6.61 Å². The number of rotatable bonds is 5. The molecule has 1 aromatic rings. The van der Waals surface area contributed by atoms with Crippen LogP contribution in [0.15, 0.2) is 24.3 Å². The van der Waals surface area contributed by atoms with Crippen LogP contribution in [0.4, 0.5) is 5.69 Å². The molecule has 0 radical (unpaired) electrons. The summed E-state index contributed by atoms with van der Waals surface area (Å²) >= 11 is 2.29. The second-order valence-electron chi connectivity index (χ2n) is 2.86. The van der Waals surface area contributed by atoms with Gasteiger partial charge >= 0.3 is 0 Å². The van der Waals surface area contributed by atoms with Gasteiger partial charge in [0.05, 0.1) is 0 Å². The predicted octanol–water partition coefficient (Wildman–Crippen LogP) is 2.48. The highest BCUT2D eigenvalue weighted by Crippen LogP contribution is 2.10. The standard InChI is InChI=1S/C10H14INO/c11-9-3-5-10(6-4-9)12-7-1-2-8-13/h3-6,12-13H,1-2,7-8H2. The van der Waals surface area contributed by atoms with Crippen LogP contribution in [0.3, 0.4) is 0 Å². The van der Waals surface area contributed by atoms with Crippen molar-refractivity contribution in [2.75, 3.05) is 18.5 Å². The largest absolute Gasteiger partial charge is 0.396 e. The van der Waals surface area contributed by atoms with Crippen LogP contribution in [0, 0.1) is 3.57 Å². The summed E-state index contributed by atoms with van der Waals surface area (Å²) in [6.45, 7) is 1.22. The highest BCUT2D eigenvalue weighted by molar-refractivity contribution is 14.1. The minimum atomic E-state index is 0.286. The van der Waals surface area contributed by atoms with E-state index in [4.69, 9.17) is 5.11 Å². The Morgan fingerprint density at radius 2 is 1.85 bits per heavy atom. The molecule has 0 unspecified atom stereocenters. The SMILES string of the molecule is OCCCCNc1ccc(I)cc1. The summed E-state index contributed by atoms with van der Waals surface area (Å²) in [5, 5.41) is 11.9. The molecule has 0 saturated carbocycles. The van der Waals surface area contributed by atoms with E-state index in [1.807, 2.05) is 0 Å². The summed E-state index contributed by atoms with van der Waals surface area (Å²) in [6.07, 6.45) is 1.89. The van der Waals surface area contributed by atoms with Gasteiger partial charge in [0.2, 0.25) is 0 Å². The molecule has 0 aliphatic heterocycles. The first-order valence-corrected chi connectivity index (χ1v) is 5.51. The van der Waals surface area contributed by atoms with Gasteiger partial charge in [0.15, 0.2) is 0 Å². The second kappa shape index (κ2) is 6.21. The molecular weight excluding hydrogens is 277 g/mol. The van der Waals surface area contributed by atoms with E-state index in [0.29, 0.717) is 0 Å². The Kier molecular flexibility index (Phi) is 5.15. The number of aliphatic hydroxyl groups is 1. The van der Waals surface area contributed by atoms with Gasteiger partial charge in [0, 0.05) is 22.4 Å². The van der Waals surface area contributed by atoms with Gasteiger partial charge < -0.3 is 10.4 Å². The number of anilines is 1. The van der Waals surface area contributed by atoms with E-state index in [0.717, 1.165) is 25.1 Å². The van der Waals surface area contributed by atoms with Crippen molar-refractivity contribution in [1.82, 2.24) is 0 Å². The maximum absolute atomic E-state index is 8.57. The lowest BCUT2D eigenvalue weighted by atomic mass is 10.3. The summed E-state index contributed by atoms with van der Waals surface area (Å²) < 4.78 is 1.25. The van der Waals surface area contributed by atoms with E-state index in [2.05, 4.69) is 52.2 Å². The lowest BCUT2D eigenvalue weighted by Crippen LogP contribution is -2.01. The maximum atomic E-state index is 8.57. The van der Waals surface area contributed by atoms with Gasteiger partial charge in [-0.15, -0.1) is 0 Å². The molecule has 1 aromatic carbocycles. The van der Waals surface area contributed by atoms with Crippen molar-refractivity contribution in [3.8, 4) is 0 Å². The summed E-state index contributed by atoms with van der Waals surface area (Å²) in [5.41, 5.74) is 1.15. The zero-order valence-corrected chi connectivity index (χ0v) is 9.62. The van der Waals surface area contributed by atoms with Gasteiger partial charge in [-0.2, -0.15) is 0 Å². The number of hydrogen-bond donors (Lipinski definition) is 2. The Morgan fingerprint density at radius 3 is 2.46 bits per heavy atom. The average molecular weight is 291 g/mol. The molecule has 0 aromatic heterocycles. The zero-order chi connectivity index (χ0) is 9.52. The topological polar surface area (TPSA) is 32.3 Å². The number of unbranched alkanes of at least 4 members (excludes halogenated alkanes) is 1. The summed E-state index contributed by atoms with van der Waals surface area (Å²) in [5.74, 6) is 0. The minimum absolute atomic E-state index is 0.286. The highest BCUT2D eigenvalue weighted by Gasteiger charge is 1.91. The number of aliphatic hydroxyl groups excluding tert-OH is 1. The smallest absolute Gasteiger partial charge is 0.0431 e. The van der Waals surface area contributed by atoms with Gasteiger partial charge in [0.25, 0.3) is 0 Å². The van der Waals surface area contributed by atoms with Gasteiger partial charge in [-0.1, -0.05) is 0 Å². The van der Waals surface area contributed by atoms with Crippen molar-refractivity contribution in [1.29, 1.82) is 0 Å². The number of hydrogen-bond acceptors (Lipinski definition) is 2. The fraction of sp³-hybridized carbons (Fsp3) is 0.400.